The molecular weight excluding hydrogens is 230 g/mol. The highest BCUT2D eigenvalue weighted by Gasteiger charge is 2.26. The summed E-state index contributed by atoms with van der Waals surface area (Å²) in [5, 5.41) is 7.39. The van der Waals surface area contributed by atoms with E-state index < -0.39 is 0 Å². The largest absolute Gasteiger partial charge is 0.373 e. The third-order valence-electron chi connectivity index (χ3n) is 3.09. The lowest BCUT2D eigenvalue weighted by Crippen LogP contribution is -2.00. The van der Waals surface area contributed by atoms with E-state index in [1.165, 1.54) is 24.1 Å². The zero-order valence-corrected chi connectivity index (χ0v) is 10.8. The van der Waals surface area contributed by atoms with Crippen LogP contribution in [0.2, 0.25) is 0 Å². The molecule has 88 valence electrons. The van der Waals surface area contributed by atoms with Crippen molar-refractivity contribution in [3.05, 3.63) is 28.1 Å². The molecule has 0 amide bonds. The van der Waals surface area contributed by atoms with Gasteiger partial charge in [0.25, 0.3) is 0 Å². The highest BCUT2D eigenvalue weighted by atomic mass is 32.1. The lowest BCUT2D eigenvalue weighted by Gasteiger charge is -2.06. The van der Waals surface area contributed by atoms with Crippen LogP contribution in [0, 0.1) is 6.92 Å². The van der Waals surface area contributed by atoms with Gasteiger partial charge in [-0.05, 0) is 30.7 Å². The molecule has 0 unspecified atom stereocenters. The summed E-state index contributed by atoms with van der Waals surface area (Å²) < 4.78 is 0. The average Bonchev–Trinajstić information content (AvgIpc) is 3.11. The van der Waals surface area contributed by atoms with E-state index in [-0.39, 0.29) is 0 Å². The Morgan fingerprint density at radius 1 is 1.29 bits per heavy atom. The quantitative estimate of drug-likeness (QED) is 0.900. The zero-order chi connectivity index (χ0) is 11.8. The minimum absolute atomic E-state index is 0.655. The maximum Gasteiger partial charge on any atom is 0.162 e. The summed E-state index contributed by atoms with van der Waals surface area (Å²) in [6.45, 7) is 2.11. The van der Waals surface area contributed by atoms with Gasteiger partial charge in [-0.15, -0.1) is 0 Å². The molecule has 3 nitrogen and oxygen atoms in total. The second-order valence-corrected chi connectivity index (χ2v) is 5.24. The van der Waals surface area contributed by atoms with Crippen molar-refractivity contribution >= 4 is 17.2 Å². The van der Waals surface area contributed by atoms with Crippen LogP contribution >= 0.6 is 11.3 Å². The van der Waals surface area contributed by atoms with Crippen LogP contribution in [-0.4, -0.2) is 17.0 Å². The molecule has 1 fully saturated rings. The van der Waals surface area contributed by atoms with Crippen LogP contribution < -0.4 is 5.32 Å². The van der Waals surface area contributed by atoms with E-state index in [9.17, 15) is 0 Å². The fourth-order valence-corrected chi connectivity index (χ4v) is 2.72. The zero-order valence-electron chi connectivity index (χ0n) is 10.0. The molecule has 17 heavy (non-hydrogen) atoms. The molecule has 0 atom stereocenters. The molecule has 4 heteroatoms. The van der Waals surface area contributed by atoms with Gasteiger partial charge in [0.2, 0.25) is 0 Å². The maximum absolute atomic E-state index is 4.70. The van der Waals surface area contributed by atoms with Crippen LogP contribution in [0.4, 0.5) is 5.82 Å². The number of aryl methyl sites for hydroxylation is 1. The summed E-state index contributed by atoms with van der Waals surface area (Å²) in [6.07, 6.45) is 2.53. The Kier molecular flexibility index (Phi) is 2.59. The predicted molar refractivity (Wildman–Crippen MR) is 71.6 cm³/mol. The van der Waals surface area contributed by atoms with Crippen LogP contribution in [-0.2, 0) is 0 Å². The number of nitrogens with one attached hydrogen (secondary N) is 1. The van der Waals surface area contributed by atoms with Crippen molar-refractivity contribution in [2.45, 2.75) is 25.7 Å². The van der Waals surface area contributed by atoms with E-state index in [0.29, 0.717) is 5.92 Å². The van der Waals surface area contributed by atoms with Crippen molar-refractivity contribution in [3.63, 3.8) is 0 Å². The Balaban J connectivity index is 2.09. The number of hydrogen-bond donors (Lipinski definition) is 1. The molecule has 1 aliphatic carbocycles. The highest BCUT2D eigenvalue weighted by Crippen LogP contribution is 2.40. The van der Waals surface area contributed by atoms with E-state index in [1.807, 2.05) is 7.05 Å². The Morgan fingerprint density at radius 3 is 2.71 bits per heavy atom. The van der Waals surface area contributed by atoms with Crippen molar-refractivity contribution in [3.8, 4) is 11.4 Å². The molecule has 0 spiro atoms. The smallest absolute Gasteiger partial charge is 0.162 e. The van der Waals surface area contributed by atoms with E-state index in [4.69, 9.17) is 4.98 Å². The van der Waals surface area contributed by atoms with Gasteiger partial charge in [-0.2, -0.15) is 11.3 Å². The predicted octanol–water partition coefficient (Wildman–Crippen LogP) is 3.43. The first kappa shape index (κ1) is 10.7. The first-order valence-corrected chi connectivity index (χ1v) is 6.82. The molecule has 2 aromatic rings. The molecule has 0 bridgehead atoms. The average molecular weight is 245 g/mol. The molecule has 0 saturated heterocycles. The van der Waals surface area contributed by atoms with Gasteiger partial charge in [0.1, 0.15) is 5.82 Å². The van der Waals surface area contributed by atoms with Crippen LogP contribution in [0.3, 0.4) is 0 Å². The molecule has 3 rings (SSSR count). The summed E-state index contributed by atoms with van der Waals surface area (Å²) in [6, 6.07) is 2.07. The van der Waals surface area contributed by atoms with Gasteiger partial charge in [-0.3, -0.25) is 0 Å². The molecule has 1 aliphatic rings. The SMILES string of the molecule is CNc1cc(C2CC2)nc(-c2cscc2C)n1. The van der Waals surface area contributed by atoms with Gasteiger partial charge in [0.05, 0.1) is 0 Å². The van der Waals surface area contributed by atoms with Gasteiger partial charge in [0, 0.05) is 35.7 Å². The summed E-state index contributed by atoms with van der Waals surface area (Å²) >= 11 is 1.70. The number of nitrogens with zero attached hydrogens (tertiary/aromatic N) is 2. The first-order chi connectivity index (χ1) is 8.28. The summed E-state index contributed by atoms with van der Waals surface area (Å²) in [7, 11) is 1.91. The van der Waals surface area contributed by atoms with Crippen molar-refractivity contribution in [1.29, 1.82) is 0 Å². The third-order valence-corrected chi connectivity index (χ3v) is 3.96. The minimum atomic E-state index is 0.655. The molecule has 2 heterocycles. The van der Waals surface area contributed by atoms with Crippen molar-refractivity contribution in [1.82, 2.24) is 9.97 Å². The number of aromatic nitrogens is 2. The standard InChI is InChI=1S/C13H15N3S/c1-8-6-17-7-10(8)13-15-11(9-3-4-9)5-12(14-2)16-13/h5-7,9H,3-4H2,1-2H3,(H,14,15,16). The van der Waals surface area contributed by atoms with Gasteiger partial charge >= 0.3 is 0 Å². The summed E-state index contributed by atoms with van der Waals surface area (Å²) in [4.78, 5) is 9.25. The number of hydrogen-bond acceptors (Lipinski definition) is 4. The van der Waals surface area contributed by atoms with Gasteiger partial charge in [0.15, 0.2) is 5.82 Å². The van der Waals surface area contributed by atoms with E-state index >= 15 is 0 Å². The second-order valence-electron chi connectivity index (χ2n) is 4.49. The first-order valence-electron chi connectivity index (χ1n) is 5.88. The van der Waals surface area contributed by atoms with Crippen LogP contribution in [0.5, 0.6) is 0 Å². The molecule has 1 saturated carbocycles. The van der Waals surface area contributed by atoms with Crippen LogP contribution in [0.15, 0.2) is 16.8 Å². The minimum Gasteiger partial charge on any atom is -0.373 e. The molecule has 0 aromatic carbocycles. The Morgan fingerprint density at radius 2 is 2.12 bits per heavy atom. The maximum atomic E-state index is 4.70. The van der Waals surface area contributed by atoms with Gasteiger partial charge in [-0.1, -0.05) is 0 Å². The van der Waals surface area contributed by atoms with E-state index in [2.05, 4.69) is 34.1 Å². The highest BCUT2D eigenvalue weighted by molar-refractivity contribution is 7.08. The lowest BCUT2D eigenvalue weighted by atomic mass is 10.2. The van der Waals surface area contributed by atoms with Crippen molar-refractivity contribution in [2.75, 3.05) is 12.4 Å². The fraction of sp³-hybridized carbons (Fsp3) is 0.385. The van der Waals surface area contributed by atoms with Crippen molar-refractivity contribution < 1.29 is 0 Å². The molecular formula is C13H15N3S. The molecule has 2 aromatic heterocycles. The monoisotopic (exact) mass is 245 g/mol. The van der Waals surface area contributed by atoms with Crippen LogP contribution in [0.1, 0.15) is 30.0 Å². The second kappa shape index (κ2) is 4.11. The number of anilines is 1. The third kappa shape index (κ3) is 2.05. The molecule has 1 N–H and O–H groups in total. The fourth-order valence-electron chi connectivity index (χ4n) is 1.89. The Labute approximate surface area is 105 Å². The topological polar surface area (TPSA) is 37.8 Å². The Hall–Kier alpha value is -1.42. The normalized spacial score (nSPS) is 14.9. The number of rotatable bonds is 3. The molecule has 0 aliphatic heterocycles. The summed E-state index contributed by atoms with van der Waals surface area (Å²) in [5.41, 5.74) is 3.60. The van der Waals surface area contributed by atoms with E-state index in [0.717, 1.165) is 17.2 Å². The Bertz CT molecular complexity index is 543. The van der Waals surface area contributed by atoms with Gasteiger partial charge in [-0.25, -0.2) is 9.97 Å². The molecule has 0 radical (unpaired) electrons. The van der Waals surface area contributed by atoms with Gasteiger partial charge < -0.3 is 5.32 Å². The lowest BCUT2D eigenvalue weighted by molar-refractivity contribution is 0.994. The summed E-state index contributed by atoms with van der Waals surface area (Å²) in [5.74, 6) is 2.43. The number of thiophene rings is 1. The van der Waals surface area contributed by atoms with E-state index in [1.54, 1.807) is 11.3 Å². The van der Waals surface area contributed by atoms with Crippen molar-refractivity contribution in [2.24, 2.45) is 0 Å². The van der Waals surface area contributed by atoms with Crippen LogP contribution in [0.25, 0.3) is 11.4 Å².